The van der Waals surface area contributed by atoms with Gasteiger partial charge in [-0.25, -0.2) is 14.1 Å². The summed E-state index contributed by atoms with van der Waals surface area (Å²) < 4.78 is 3.52. The van der Waals surface area contributed by atoms with E-state index in [0.29, 0.717) is 10.9 Å². The number of benzene rings is 1. The summed E-state index contributed by atoms with van der Waals surface area (Å²) >= 11 is 1.48. The van der Waals surface area contributed by atoms with Crippen LogP contribution in [-0.2, 0) is 11.8 Å². The van der Waals surface area contributed by atoms with Crippen LogP contribution in [0, 0.1) is 0 Å². The third-order valence-electron chi connectivity index (χ3n) is 4.91. The van der Waals surface area contributed by atoms with Gasteiger partial charge in [0.1, 0.15) is 0 Å². The fourth-order valence-corrected chi connectivity index (χ4v) is 4.29. The van der Waals surface area contributed by atoms with E-state index in [1.165, 1.54) is 17.3 Å². The van der Waals surface area contributed by atoms with Gasteiger partial charge in [-0.15, -0.1) is 5.10 Å². The van der Waals surface area contributed by atoms with Crippen molar-refractivity contribution in [1.29, 1.82) is 0 Å². The maximum atomic E-state index is 13.5. The molecule has 2 aromatic heterocycles. The molecule has 0 unspecified atom stereocenters. The first-order chi connectivity index (χ1) is 11.8. The van der Waals surface area contributed by atoms with Crippen LogP contribution < -0.4 is 5.56 Å². The summed E-state index contributed by atoms with van der Waals surface area (Å²) in [4.78, 5) is 18.4. The zero-order valence-electron chi connectivity index (χ0n) is 15.2. The molecule has 0 amide bonds. The molecular weight excluding hydrogens is 332 g/mol. The van der Waals surface area contributed by atoms with Crippen LogP contribution in [0.15, 0.2) is 34.2 Å². The van der Waals surface area contributed by atoms with Crippen molar-refractivity contribution in [2.75, 3.05) is 6.26 Å². The Morgan fingerprint density at radius 3 is 2.64 bits per heavy atom. The molecule has 6 heteroatoms. The summed E-state index contributed by atoms with van der Waals surface area (Å²) in [7, 11) is 0. The number of hydrogen-bond donors (Lipinski definition) is 0. The van der Waals surface area contributed by atoms with Gasteiger partial charge in [0, 0.05) is 11.0 Å². The summed E-state index contributed by atoms with van der Waals surface area (Å²) in [5.41, 5.74) is 3.67. The molecule has 0 atom stereocenters. The molecule has 0 spiro atoms. The SMILES string of the molecule is CSc1nn(C(C)C)c2nc3c(c(=O)n12)C(C)(C)Cc1ccccc1-3. The summed E-state index contributed by atoms with van der Waals surface area (Å²) in [6.07, 6.45) is 2.78. The van der Waals surface area contributed by atoms with Crippen molar-refractivity contribution < 1.29 is 0 Å². The molecule has 0 saturated carbocycles. The van der Waals surface area contributed by atoms with Crippen LogP contribution in [0.1, 0.15) is 44.9 Å². The van der Waals surface area contributed by atoms with Crippen LogP contribution in [0.2, 0.25) is 0 Å². The lowest BCUT2D eigenvalue weighted by Gasteiger charge is -2.32. The first-order valence-electron chi connectivity index (χ1n) is 8.53. The molecule has 0 aliphatic heterocycles. The predicted molar refractivity (Wildman–Crippen MR) is 102 cm³/mol. The van der Waals surface area contributed by atoms with Crippen LogP contribution in [0.3, 0.4) is 0 Å². The molecule has 4 rings (SSSR count). The molecule has 0 fully saturated rings. The number of aromatic nitrogens is 4. The second kappa shape index (κ2) is 5.46. The summed E-state index contributed by atoms with van der Waals surface area (Å²) in [6.45, 7) is 8.37. The second-order valence-electron chi connectivity index (χ2n) is 7.52. The van der Waals surface area contributed by atoms with Crippen molar-refractivity contribution in [2.45, 2.75) is 50.7 Å². The summed E-state index contributed by atoms with van der Waals surface area (Å²) in [6, 6.07) is 8.40. The number of rotatable bonds is 2. The van der Waals surface area contributed by atoms with Crippen LogP contribution >= 0.6 is 11.8 Å². The van der Waals surface area contributed by atoms with E-state index in [1.54, 1.807) is 4.40 Å². The van der Waals surface area contributed by atoms with Gasteiger partial charge < -0.3 is 0 Å². The molecule has 3 aromatic rings. The largest absolute Gasteiger partial charge is 0.268 e. The molecule has 130 valence electrons. The Morgan fingerprint density at radius 1 is 1.24 bits per heavy atom. The normalized spacial score (nSPS) is 15.4. The predicted octanol–water partition coefficient (Wildman–Crippen LogP) is 3.69. The highest BCUT2D eigenvalue weighted by atomic mass is 32.2. The van der Waals surface area contributed by atoms with Gasteiger partial charge in [0.2, 0.25) is 5.78 Å². The Bertz CT molecular complexity index is 1050. The Balaban J connectivity index is 2.19. The lowest BCUT2D eigenvalue weighted by atomic mass is 9.72. The van der Waals surface area contributed by atoms with Gasteiger partial charge >= 0.3 is 0 Å². The molecule has 0 N–H and O–H groups in total. The van der Waals surface area contributed by atoms with E-state index in [-0.39, 0.29) is 17.0 Å². The van der Waals surface area contributed by atoms with Crippen molar-refractivity contribution in [3.63, 3.8) is 0 Å². The minimum atomic E-state index is -0.259. The van der Waals surface area contributed by atoms with Crippen molar-refractivity contribution in [3.05, 3.63) is 45.7 Å². The minimum absolute atomic E-state index is 0.00996. The molecule has 1 aromatic carbocycles. The molecule has 2 heterocycles. The Hall–Kier alpha value is -2.08. The Kier molecular flexibility index (Phi) is 3.58. The lowest BCUT2D eigenvalue weighted by Crippen LogP contribution is -2.36. The highest BCUT2D eigenvalue weighted by Gasteiger charge is 2.36. The van der Waals surface area contributed by atoms with Crippen molar-refractivity contribution in [2.24, 2.45) is 0 Å². The van der Waals surface area contributed by atoms with Gasteiger partial charge in [-0.05, 0) is 32.1 Å². The smallest absolute Gasteiger partial charge is 0.265 e. The topological polar surface area (TPSA) is 52.2 Å². The number of hydrogen-bond acceptors (Lipinski definition) is 4. The van der Waals surface area contributed by atoms with Gasteiger partial charge in [0.25, 0.3) is 5.56 Å². The fourth-order valence-electron chi connectivity index (χ4n) is 3.77. The number of nitrogens with zero attached hydrogens (tertiary/aromatic N) is 4. The first kappa shape index (κ1) is 16.4. The van der Waals surface area contributed by atoms with E-state index in [9.17, 15) is 4.79 Å². The molecule has 1 aliphatic rings. The standard InChI is InChI=1S/C19H22N4OS/c1-11(2)23-17-20-15-13-9-7-6-8-12(13)10-19(3,4)14(15)16(24)22(17)18(21-23)25-5/h6-9,11H,10H2,1-5H3. The quantitative estimate of drug-likeness (QED) is 0.659. The molecule has 5 nitrogen and oxygen atoms in total. The van der Waals surface area contributed by atoms with Gasteiger partial charge in [-0.1, -0.05) is 49.9 Å². The average molecular weight is 354 g/mol. The molecule has 1 aliphatic carbocycles. The van der Waals surface area contributed by atoms with E-state index in [4.69, 9.17) is 4.98 Å². The van der Waals surface area contributed by atoms with E-state index >= 15 is 0 Å². The van der Waals surface area contributed by atoms with Gasteiger partial charge in [0.05, 0.1) is 17.3 Å². The third kappa shape index (κ3) is 2.27. The van der Waals surface area contributed by atoms with Crippen LogP contribution in [0.4, 0.5) is 0 Å². The maximum absolute atomic E-state index is 13.5. The van der Waals surface area contributed by atoms with Crippen molar-refractivity contribution >= 4 is 17.5 Å². The fraction of sp³-hybridized carbons (Fsp3) is 0.421. The Labute approximate surface area is 151 Å². The van der Waals surface area contributed by atoms with E-state index in [2.05, 4.69) is 51.0 Å². The third-order valence-corrected chi connectivity index (χ3v) is 5.54. The van der Waals surface area contributed by atoms with E-state index < -0.39 is 0 Å². The van der Waals surface area contributed by atoms with Crippen LogP contribution in [-0.4, -0.2) is 25.4 Å². The van der Waals surface area contributed by atoms with Gasteiger partial charge in [-0.2, -0.15) is 0 Å². The second-order valence-corrected chi connectivity index (χ2v) is 8.29. The van der Waals surface area contributed by atoms with Crippen LogP contribution in [0.5, 0.6) is 0 Å². The zero-order valence-corrected chi connectivity index (χ0v) is 16.0. The highest BCUT2D eigenvalue weighted by Crippen LogP contribution is 2.40. The molecule has 25 heavy (non-hydrogen) atoms. The van der Waals surface area contributed by atoms with Gasteiger partial charge in [0.15, 0.2) is 5.16 Å². The lowest BCUT2D eigenvalue weighted by molar-refractivity contribution is 0.504. The molecule has 0 bridgehead atoms. The minimum Gasteiger partial charge on any atom is -0.268 e. The van der Waals surface area contributed by atoms with Gasteiger partial charge in [-0.3, -0.25) is 4.79 Å². The first-order valence-corrected chi connectivity index (χ1v) is 9.75. The van der Waals surface area contributed by atoms with Crippen molar-refractivity contribution in [1.82, 2.24) is 19.2 Å². The van der Waals surface area contributed by atoms with Crippen molar-refractivity contribution in [3.8, 4) is 11.3 Å². The number of fused-ring (bicyclic) bond motifs is 4. The monoisotopic (exact) mass is 354 g/mol. The molecule has 0 saturated heterocycles. The molecular formula is C19H22N4OS. The van der Waals surface area contributed by atoms with E-state index in [1.807, 2.05) is 17.0 Å². The zero-order chi connectivity index (χ0) is 17.9. The maximum Gasteiger partial charge on any atom is 0.265 e. The number of thioether (sulfide) groups is 1. The Morgan fingerprint density at radius 2 is 1.96 bits per heavy atom. The summed E-state index contributed by atoms with van der Waals surface area (Å²) in [5, 5.41) is 5.32. The highest BCUT2D eigenvalue weighted by molar-refractivity contribution is 7.98. The summed E-state index contributed by atoms with van der Waals surface area (Å²) in [5.74, 6) is 0.621. The van der Waals surface area contributed by atoms with Crippen LogP contribution in [0.25, 0.3) is 17.0 Å². The van der Waals surface area contributed by atoms with E-state index in [0.717, 1.165) is 23.2 Å². The molecule has 0 radical (unpaired) electrons. The average Bonchev–Trinajstić information content (AvgIpc) is 2.93.